The Morgan fingerprint density at radius 2 is 1.75 bits per heavy atom. The van der Waals surface area contributed by atoms with Gasteiger partial charge in [0.2, 0.25) is 0 Å². The molecular formula is C25H31ClN4O2. The molecule has 0 unspecified atom stereocenters. The van der Waals surface area contributed by atoms with Gasteiger partial charge >= 0.3 is 0 Å². The summed E-state index contributed by atoms with van der Waals surface area (Å²) in [5, 5.41) is 3.56. The average molecular weight is 455 g/mol. The van der Waals surface area contributed by atoms with Crippen LogP contribution in [0.4, 0.5) is 0 Å². The molecule has 0 atom stereocenters. The second-order valence-corrected chi connectivity index (χ2v) is 9.14. The van der Waals surface area contributed by atoms with Gasteiger partial charge in [-0.2, -0.15) is 0 Å². The van der Waals surface area contributed by atoms with E-state index >= 15 is 0 Å². The Hall–Kier alpha value is -2.44. The van der Waals surface area contributed by atoms with E-state index in [0.29, 0.717) is 35.8 Å². The van der Waals surface area contributed by atoms with Gasteiger partial charge in [-0.1, -0.05) is 23.7 Å². The molecule has 0 radical (unpaired) electrons. The van der Waals surface area contributed by atoms with Gasteiger partial charge in [-0.15, -0.1) is 0 Å². The average Bonchev–Trinajstić information content (AvgIpc) is 3.32. The maximum atomic E-state index is 12.9. The molecule has 2 amide bonds. The lowest BCUT2D eigenvalue weighted by Gasteiger charge is -2.32. The molecular weight excluding hydrogens is 424 g/mol. The molecule has 7 heteroatoms. The number of aryl methyl sites for hydroxylation is 1. The SMILES string of the molecule is Cc1ccc(C(=O)NCCN2CCCC2)c(C2CCN(C(=O)c3ccccc3Cl)CC2)n1. The quantitative estimate of drug-likeness (QED) is 0.719. The lowest BCUT2D eigenvalue weighted by atomic mass is 9.89. The summed E-state index contributed by atoms with van der Waals surface area (Å²) >= 11 is 6.21. The molecule has 3 heterocycles. The van der Waals surface area contributed by atoms with Gasteiger partial charge in [0.25, 0.3) is 11.8 Å². The Morgan fingerprint density at radius 3 is 2.47 bits per heavy atom. The van der Waals surface area contributed by atoms with E-state index in [2.05, 4.69) is 10.2 Å². The van der Waals surface area contributed by atoms with Crippen LogP contribution in [-0.2, 0) is 0 Å². The zero-order chi connectivity index (χ0) is 22.5. The third kappa shape index (κ3) is 5.30. The normalized spacial score (nSPS) is 17.5. The van der Waals surface area contributed by atoms with E-state index in [1.54, 1.807) is 12.1 Å². The smallest absolute Gasteiger partial charge is 0.255 e. The lowest BCUT2D eigenvalue weighted by molar-refractivity contribution is 0.0710. The van der Waals surface area contributed by atoms with Gasteiger partial charge in [0.1, 0.15) is 0 Å². The van der Waals surface area contributed by atoms with Crippen molar-refractivity contribution < 1.29 is 9.59 Å². The van der Waals surface area contributed by atoms with Gasteiger partial charge in [-0.3, -0.25) is 14.6 Å². The molecule has 0 saturated carbocycles. The fourth-order valence-electron chi connectivity index (χ4n) is 4.67. The molecule has 2 aromatic rings. The molecule has 0 bridgehead atoms. The van der Waals surface area contributed by atoms with Gasteiger partial charge in [-0.25, -0.2) is 0 Å². The third-order valence-electron chi connectivity index (χ3n) is 6.49. The third-order valence-corrected chi connectivity index (χ3v) is 6.82. The van der Waals surface area contributed by atoms with Crippen LogP contribution in [0, 0.1) is 6.92 Å². The number of amides is 2. The van der Waals surface area contributed by atoms with Gasteiger partial charge < -0.3 is 15.1 Å². The van der Waals surface area contributed by atoms with Gasteiger partial charge in [-0.05, 0) is 70.0 Å². The number of pyridine rings is 1. The number of piperidine rings is 1. The first-order valence-electron chi connectivity index (χ1n) is 11.5. The molecule has 1 aromatic heterocycles. The van der Waals surface area contributed by atoms with Crippen LogP contribution in [0.1, 0.15) is 63.7 Å². The largest absolute Gasteiger partial charge is 0.351 e. The Labute approximate surface area is 195 Å². The zero-order valence-electron chi connectivity index (χ0n) is 18.6. The highest BCUT2D eigenvalue weighted by Crippen LogP contribution is 2.30. The summed E-state index contributed by atoms with van der Waals surface area (Å²) in [5.41, 5.74) is 2.96. The van der Waals surface area contributed by atoms with E-state index in [9.17, 15) is 9.59 Å². The maximum absolute atomic E-state index is 12.9. The minimum absolute atomic E-state index is 0.0360. The molecule has 170 valence electrons. The van der Waals surface area contributed by atoms with Crippen molar-refractivity contribution in [2.75, 3.05) is 39.3 Å². The van der Waals surface area contributed by atoms with Crippen LogP contribution in [0.15, 0.2) is 36.4 Å². The highest BCUT2D eigenvalue weighted by atomic mass is 35.5. The predicted molar refractivity (Wildman–Crippen MR) is 126 cm³/mol. The van der Waals surface area contributed by atoms with Crippen molar-refractivity contribution in [1.29, 1.82) is 0 Å². The van der Waals surface area contributed by atoms with Crippen LogP contribution in [0.5, 0.6) is 0 Å². The summed E-state index contributed by atoms with van der Waals surface area (Å²) in [6, 6.07) is 11.0. The van der Waals surface area contributed by atoms with Crippen molar-refractivity contribution in [3.8, 4) is 0 Å². The first-order chi connectivity index (χ1) is 15.5. The van der Waals surface area contributed by atoms with Gasteiger partial charge in [0.15, 0.2) is 0 Å². The predicted octanol–water partition coefficient (Wildman–Crippen LogP) is 3.89. The van der Waals surface area contributed by atoms with E-state index in [1.165, 1.54) is 12.8 Å². The monoisotopic (exact) mass is 454 g/mol. The fraction of sp³-hybridized carbons (Fsp3) is 0.480. The number of rotatable bonds is 6. The standard InChI is InChI=1S/C25H31ClN4O2/c1-18-8-9-21(24(31)27-12-17-29-13-4-5-14-29)23(28-18)19-10-15-30(16-11-19)25(32)20-6-2-3-7-22(20)26/h2-3,6-9,19H,4-5,10-17H2,1H3,(H,27,31). The second kappa shape index (κ2) is 10.5. The van der Waals surface area contributed by atoms with Crippen molar-refractivity contribution in [1.82, 2.24) is 20.1 Å². The van der Waals surface area contributed by atoms with E-state index < -0.39 is 0 Å². The maximum Gasteiger partial charge on any atom is 0.255 e. The number of carbonyl (C=O) groups is 2. The van der Waals surface area contributed by atoms with E-state index in [4.69, 9.17) is 16.6 Å². The van der Waals surface area contributed by atoms with Crippen molar-refractivity contribution in [2.45, 2.75) is 38.5 Å². The van der Waals surface area contributed by atoms with E-state index in [0.717, 1.165) is 43.9 Å². The molecule has 2 fully saturated rings. The first kappa shape index (κ1) is 22.7. The lowest BCUT2D eigenvalue weighted by Crippen LogP contribution is -2.39. The summed E-state index contributed by atoms with van der Waals surface area (Å²) < 4.78 is 0. The van der Waals surface area contributed by atoms with Crippen LogP contribution in [0.2, 0.25) is 5.02 Å². The number of carbonyl (C=O) groups excluding carboxylic acids is 2. The summed E-state index contributed by atoms with van der Waals surface area (Å²) in [5.74, 6) is 0.0666. The van der Waals surface area contributed by atoms with Crippen molar-refractivity contribution >= 4 is 23.4 Å². The van der Waals surface area contributed by atoms with Crippen molar-refractivity contribution in [3.63, 3.8) is 0 Å². The van der Waals surface area contributed by atoms with E-state index in [-0.39, 0.29) is 17.7 Å². The first-order valence-corrected chi connectivity index (χ1v) is 11.9. The van der Waals surface area contributed by atoms with Crippen LogP contribution >= 0.6 is 11.6 Å². The van der Waals surface area contributed by atoms with Gasteiger partial charge in [0, 0.05) is 37.8 Å². The summed E-state index contributed by atoms with van der Waals surface area (Å²) in [4.78, 5) is 34.8. The zero-order valence-corrected chi connectivity index (χ0v) is 19.4. The van der Waals surface area contributed by atoms with Crippen molar-refractivity contribution in [3.05, 3.63) is 63.9 Å². The Morgan fingerprint density at radius 1 is 1.03 bits per heavy atom. The molecule has 6 nitrogen and oxygen atoms in total. The van der Waals surface area contributed by atoms with Crippen LogP contribution in [0.3, 0.4) is 0 Å². The second-order valence-electron chi connectivity index (χ2n) is 8.74. The summed E-state index contributed by atoms with van der Waals surface area (Å²) in [7, 11) is 0. The fourth-order valence-corrected chi connectivity index (χ4v) is 4.89. The number of nitrogens with one attached hydrogen (secondary N) is 1. The number of benzene rings is 1. The number of halogens is 1. The van der Waals surface area contributed by atoms with Gasteiger partial charge in [0.05, 0.1) is 21.8 Å². The number of nitrogens with zero attached hydrogens (tertiary/aromatic N) is 3. The molecule has 32 heavy (non-hydrogen) atoms. The molecule has 0 aliphatic carbocycles. The molecule has 2 aliphatic heterocycles. The summed E-state index contributed by atoms with van der Waals surface area (Å²) in [6.45, 7) is 6.99. The molecule has 2 aliphatic rings. The molecule has 1 aromatic carbocycles. The molecule has 4 rings (SSSR count). The minimum Gasteiger partial charge on any atom is -0.351 e. The molecule has 1 N–H and O–H groups in total. The minimum atomic E-state index is -0.0544. The van der Waals surface area contributed by atoms with E-state index in [1.807, 2.05) is 36.1 Å². The number of hydrogen-bond acceptors (Lipinski definition) is 4. The molecule has 0 spiro atoms. The number of likely N-dealkylation sites (tertiary alicyclic amines) is 2. The van der Waals surface area contributed by atoms with Crippen LogP contribution in [0.25, 0.3) is 0 Å². The Bertz CT molecular complexity index is 966. The number of aromatic nitrogens is 1. The molecule has 2 saturated heterocycles. The Balaban J connectivity index is 1.39. The highest BCUT2D eigenvalue weighted by molar-refractivity contribution is 6.33. The van der Waals surface area contributed by atoms with Crippen molar-refractivity contribution in [2.24, 2.45) is 0 Å². The number of hydrogen-bond donors (Lipinski definition) is 1. The summed E-state index contributed by atoms with van der Waals surface area (Å²) in [6.07, 6.45) is 4.05. The van der Waals surface area contributed by atoms with Crippen LogP contribution < -0.4 is 5.32 Å². The topological polar surface area (TPSA) is 65.5 Å². The Kier molecular flexibility index (Phi) is 7.43. The highest BCUT2D eigenvalue weighted by Gasteiger charge is 2.29. The van der Waals surface area contributed by atoms with Crippen LogP contribution in [-0.4, -0.2) is 65.9 Å².